The van der Waals surface area contributed by atoms with E-state index < -0.39 is 0 Å². The Morgan fingerprint density at radius 3 is 2.53 bits per heavy atom. The highest BCUT2D eigenvalue weighted by atomic mass is 16.7. The first kappa shape index (κ1) is 13.8. The standard InChI is InChI=1S/C15H23NO/c1-4-9-13(3)16-17-15(10-5-2)14-11-7-6-8-12-14/h6-8,11-12,15-16H,3-5,9-10H2,1-2H3. The molecular weight excluding hydrogens is 210 g/mol. The summed E-state index contributed by atoms with van der Waals surface area (Å²) in [7, 11) is 0. The maximum absolute atomic E-state index is 5.73. The van der Waals surface area contributed by atoms with E-state index in [1.54, 1.807) is 0 Å². The van der Waals surface area contributed by atoms with E-state index in [0.29, 0.717) is 0 Å². The van der Waals surface area contributed by atoms with Crippen molar-refractivity contribution in [3.05, 3.63) is 48.2 Å². The smallest absolute Gasteiger partial charge is 0.110 e. The molecule has 0 fully saturated rings. The van der Waals surface area contributed by atoms with Crippen LogP contribution in [0.2, 0.25) is 0 Å². The molecule has 0 heterocycles. The third kappa shape index (κ3) is 5.05. The fraction of sp³-hybridized carbons (Fsp3) is 0.467. The predicted molar refractivity (Wildman–Crippen MR) is 72.4 cm³/mol. The van der Waals surface area contributed by atoms with Crippen molar-refractivity contribution in [1.29, 1.82) is 0 Å². The van der Waals surface area contributed by atoms with Crippen LogP contribution in [0, 0.1) is 0 Å². The molecule has 1 aromatic carbocycles. The molecule has 0 amide bonds. The van der Waals surface area contributed by atoms with Gasteiger partial charge in [0.1, 0.15) is 6.10 Å². The molecule has 1 aromatic rings. The van der Waals surface area contributed by atoms with E-state index in [0.717, 1.165) is 31.4 Å². The number of benzene rings is 1. The number of hydroxylamine groups is 1. The molecular formula is C15H23NO. The average Bonchev–Trinajstić information content (AvgIpc) is 2.36. The summed E-state index contributed by atoms with van der Waals surface area (Å²) in [5.74, 6) is 0. The lowest BCUT2D eigenvalue weighted by Gasteiger charge is -2.19. The van der Waals surface area contributed by atoms with Gasteiger partial charge in [-0.1, -0.05) is 63.6 Å². The maximum atomic E-state index is 5.73. The third-order valence-corrected chi connectivity index (χ3v) is 2.62. The Morgan fingerprint density at radius 2 is 1.94 bits per heavy atom. The van der Waals surface area contributed by atoms with E-state index in [1.165, 1.54) is 5.56 Å². The van der Waals surface area contributed by atoms with Crippen molar-refractivity contribution in [3.8, 4) is 0 Å². The topological polar surface area (TPSA) is 21.3 Å². The number of rotatable bonds is 8. The number of nitrogens with one attached hydrogen (secondary N) is 1. The van der Waals surface area contributed by atoms with Crippen LogP contribution in [0.5, 0.6) is 0 Å². The average molecular weight is 233 g/mol. The molecule has 17 heavy (non-hydrogen) atoms. The van der Waals surface area contributed by atoms with Gasteiger partial charge in [0.15, 0.2) is 0 Å². The van der Waals surface area contributed by atoms with Gasteiger partial charge in [-0.25, -0.2) is 0 Å². The summed E-state index contributed by atoms with van der Waals surface area (Å²) in [6.07, 6.45) is 4.25. The van der Waals surface area contributed by atoms with Crippen molar-refractivity contribution in [3.63, 3.8) is 0 Å². The fourth-order valence-electron chi connectivity index (χ4n) is 1.73. The van der Waals surface area contributed by atoms with Crippen LogP contribution in [-0.2, 0) is 4.84 Å². The Kier molecular flexibility index (Phi) is 6.41. The van der Waals surface area contributed by atoms with Crippen molar-refractivity contribution >= 4 is 0 Å². The molecule has 0 aliphatic rings. The molecule has 0 radical (unpaired) electrons. The Hall–Kier alpha value is -1.28. The summed E-state index contributed by atoms with van der Waals surface area (Å²) in [5, 5.41) is 0. The maximum Gasteiger partial charge on any atom is 0.110 e. The van der Waals surface area contributed by atoms with Gasteiger partial charge in [-0.05, 0) is 18.4 Å². The molecule has 2 heteroatoms. The second-order valence-electron chi connectivity index (χ2n) is 4.26. The van der Waals surface area contributed by atoms with Crippen molar-refractivity contribution in [2.24, 2.45) is 0 Å². The lowest BCUT2D eigenvalue weighted by atomic mass is 10.1. The molecule has 1 N–H and O–H groups in total. The van der Waals surface area contributed by atoms with Gasteiger partial charge in [0.25, 0.3) is 0 Å². The molecule has 94 valence electrons. The summed E-state index contributed by atoms with van der Waals surface area (Å²) < 4.78 is 0. The van der Waals surface area contributed by atoms with Gasteiger partial charge >= 0.3 is 0 Å². The van der Waals surface area contributed by atoms with Gasteiger partial charge in [-0.15, -0.1) is 0 Å². The van der Waals surface area contributed by atoms with E-state index in [9.17, 15) is 0 Å². The van der Waals surface area contributed by atoms with Gasteiger partial charge in [0, 0.05) is 5.70 Å². The van der Waals surface area contributed by atoms with Gasteiger partial charge < -0.3 is 0 Å². The van der Waals surface area contributed by atoms with Crippen LogP contribution in [0.1, 0.15) is 51.2 Å². The molecule has 1 unspecified atom stereocenters. The number of hydrogen-bond donors (Lipinski definition) is 1. The molecule has 0 saturated carbocycles. The van der Waals surface area contributed by atoms with Gasteiger partial charge in [-0.2, -0.15) is 0 Å². The molecule has 0 spiro atoms. The molecule has 0 saturated heterocycles. The highest BCUT2D eigenvalue weighted by Gasteiger charge is 2.11. The van der Waals surface area contributed by atoms with Crippen LogP contribution < -0.4 is 5.48 Å². The molecule has 1 atom stereocenters. The molecule has 0 aromatic heterocycles. The fourth-order valence-corrected chi connectivity index (χ4v) is 1.73. The molecule has 0 bridgehead atoms. The Balaban J connectivity index is 2.52. The van der Waals surface area contributed by atoms with E-state index in [1.807, 2.05) is 18.2 Å². The Labute approximate surface area is 105 Å². The van der Waals surface area contributed by atoms with Crippen molar-refractivity contribution in [1.82, 2.24) is 5.48 Å². The Morgan fingerprint density at radius 1 is 1.24 bits per heavy atom. The van der Waals surface area contributed by atoms with Crippen LogP contribution in [0.4, 0.5) is 0 Å². The summed E-state index contributed by atoms with van der Waals surface area (Å²) in [5.41, 5.74) is 5.14. The van der Waals surface area contributed by atoms with Crippen molar-refractivity contribution < 1.29 is 4.84 Å². The quantitative estimate of drug-likeness (QED) is 0.673. The van der Waals surface area contributed by atoms with Gasteiger partial charge in [0.2, 0.25) is 0 Å². The normalized spacial score (nSPS) is 12.1. The van der Waals surface area contributed by atoms with E-state index in [4.69, 9.17) is 4.84 Å². The van der Waals surface area contributed by atoms with Crippen molar-refractivity contribution in [2.75, 3.05) is 0 Å². The van der Waals surface area contributed by atoms with Crippen molar-refractivity contribution in [2.45, 2.75) is 45.6 Å². The SMILES string of the molecule is C=C(CCC)NOC(CCC)c1ccccc1. The minimum absolute atomic E-state index is 0.106. The lowest BCUT2D eigenvalue weighted by molar-refractivity contribution is -0.0157. The van der Waals surface area contributed by atoms with Gasteiger partial charge in [-0.3, -0.25) is 10.3 Å². The summed E-state index contributed by atoms with van der Waals surface area (Å²) in [6, 6.07) is 10.3. The zero-order valence-electron chi connectivity index (χ0n) is 10.9. The first-order valence-corrected chi connectivity index (χ1v) is 6.42. The summed E-state index contributed by atoms with van der Waals surface area (Å²) in [6.45, 7) is 8.23. The second kappa shape index (κ2) is 7.91. The minimum atomic E-state index is 0.106. The van der Waals surface area contributed by atoms with Crippen LogP contribution in [-0.4, -0.2) is 0 Å². The second-order valence-corrected chi connectivity index (χ2v) is 4.26. The molecule has 2 nitrogen and oxygen atoms in total. The zero-order chi connectivity index (χ0) is 12.5. The van der Waals surface area contributed by atoms with E-state index >= 15 is 0 Å². The summed E-state index contributed by atoms with van der Waals surface area (Å²) in [4.78, 5) is 5.73. The largest absolute Gasteiger partial charge is 0.271 e. The number of hydrogen-bond acceptors (Lipinski definition) is 2. The third-order valence-electron chi connectivity index (χ3n) is 2.62. The van der Waals surface area contributed by atoms with E-state index in [2.05, 4.69) is 38.0 Å². The van der Waals surface area contributed by atoms with Crippen LogP contribution >= 0.6 is 0 Å². The number of allylic oxidation sites excluding steroid dienone is 1. The Bertz CT molecular complexity index is 321. The first-order valence-electron chi connectivity index (χ1n) is 6.42. The minimum Gasteiger partial charge on any atom is -0.271 e. The molecule has 1 rings (SSSR count). The highest BCUT2D eigenvalue weighted by molar-refractivity contribution is 5.17. The molecule has 0 aliphatic heterocycles. The zero-order valence-corrected chi connectivity index (χ0v) is 10.9. The first-order chi connectivity index (χ1) is 8.27. The monoisotopic (exact) mass is 233 g/mol. The summed E-state index contributed by atoms with van der Waals surface area (Å²) >= 11 is 0. The van der Waals surface area contributed by atoms with Crippen LogP contribution in [0.3, 0.4) is 0 Å². The predicted octanol–water partition coefficient (Wildman–Crippen LogP) is 4.36. The van der Waals surface area contributed by atoms with Gasteiger partial charge in [0.05, 0.1) is 0 Å². The lowest BCUT2D eigenvalue weighted by Crippen LogP contribution is -2.17. The van der Waals surface area contributed by atoms with Crippen LogP contribution in [0.15, 0.2) is 42.6 Å². The highest BCUT2D eigenvalue weighted by Crippen LogP contribution is 2.21. The molecule has 0 aliphatic carbocycles. The van der Waals surface area contributed by atoms with Crippen LogP contribution in [0.25, 0.3) is 0 Å². The van der Waals surface area contributed by atoms with E-state index in [-0.39, 0.29) is 6.10 Å².